The number of aromatic nitrogens is 4. The molecule has 0 N–H and O–H groups in total. The predicted octanol–water partition coefficient (Wildman–Crippen LogP) is 1.56. The fraction of sp³-hybridized carbons (Fsp3) is 0. The Bertz CT molecular complexity index is 414. The molecular formula is C7H4BrFN4. The van der Waals surface area contributed by atoms with Crippen molar-refractivity contribution in [2.45, 2.75) is 0 Å². The minimum atomic E-state index is -0.445. The second-order valence-corrected chi connectivity index (χ2v) is 3.21. The predicted molar refractivity (Wildman–Crippen MR) is 46.8 cm³/mol. The lowest BCUT2D eigenvalue weighted by Crippen LogP contribution is -2.01. The zero-order valence-electron chi connectivity index (χ0n) is 6.35. The molecule has 0 bridgehead atoms. The Balaban J connectivity index is 2.53. The third-order valence-corrected chi connectivity index (χ3v) is 1.86. The van der Waals surface area contributed by atoms with Gasteiger partial charge in [-0.2, -0.15) is 9.78 Å². The van der Waals surface area contributed by atoms with Crippen molar-refractivity contribution in [1.29, 1.82) is 0 Å². The van der Waals surface area contributed by atoms with Crippen LogP contribution in [0, 0.1) is 5.82 Å². The number of nitrogens with zero attached hydrogens (tertiary/aromatic N) is 4. The van der Waals surface area contributed by atoms with Gasteiger partial charge < -0.3 is 0 Å². The molecule has 2 rings (SSSR count). The fourth-order valence-electron chi connectivity index (χ4n) is 0.894. The van der Waals surface area contributed by atoms with E-state index in [-0.39, 0.29) is 5.82 Å². The van der Waals surface area contributed by atoms with Gasteiger partial charge in [-0.3, -0.25) is 0 Å². The molecule has 13 heavy (non-hydrogen) atoms. The molecule has 0 saturated heterocycles. The molecule has 0 aliphatic rings. The Kier molecular flexibility index (Phi) is 2.05. The molecule has 4 nitrogen and oxygen atoms in total. The third-order valence-electron chi connectivity index (χ3n) is 1.42. The molecule has 2 aromatic heterocycles. The molecule has 0 radical (unpaired) electrons. The van der Waals surface area contributed by atoms with Gasteiger partial charge in [-0.25, -0.2) is 14.4 Å². The summed E-state index contributed by atoms with van der Waals surface area (Å²) in [6, 6.07) is 1.32. The Labute approximate surface area is 81.6 Å². The Morgan fingerprint density at radius 2 is 2.31 bits per heavy atom. The van der Waals surface area contributed by atoms with E-state index < -0.39 is 5.82 Å². The van der Waals surface area contributed by atoms with Gasteiger partial charge in [-0.05, 0) is 22.0 Å². The highest BCUT2D eigenvalue weighted by molar-refractivity contribution is 9.10. The summed E-state index contributed by atoms with van der Waals surface area (Å²) in [5.74, 6) is -0.305. The van der Waals surface area contributed by atoms with E-state index in [1.54, 1.807) is 0 Å². The van der Waals surface area contributed by atoms with Crippen LogP contribution in [0.5, 0.6) is 0 Å². The van der Waals surface area contributed by atoms with Crippen molar-refractivity contribution in [2.75, 3.05) is 0 Å². The smallest absolute Gasteiger partial charge is 0.191 e. The number of halogens is 2. The quantitative estimate of drug-likeness (QED) is 0.763. The molecule has 0 spiro atoms. The van der Waals surface area contributed by atoms with E-state index in [4.69, 9.17) is 0 Å². The van der Waals surface area contributed by atoms with Crippen LogP contribution in [0.1, 0.15) is 0 Å². The van der Waals surface area contributed by atoms with E-state index in [2.05, 4.69) is 31.0 Å². The van der Waals surface area contributed by atoms with Gasteiger partial charge in [0.1, 0.15) is 12.7 Å². The molecule has 66 valence electrons. The van der Waals surface area contributed by atoms with Crippen LogP contribution < -0.4 is 0 Å². The van der Waals surface area contributed by atoms with Gasteiger partial charge in [0.15, 0.2) is 11.6 Å². The normalized spacial score (nSPS) is 10.3. The fourth-order valence-corrected chi connectivity index (χ4v) is 1.20. The van der Waals surface area contributed by atoms with Crippen LogP contribution in [0.25, 0.3) is 5.82 Å². The SMILES string of the molecule is Fc1cc(Br)cnc1-n1cncn1. The summed E-state index contributed by atoms with van der Waals surface area (Å²) in [5, 5.41) is 3.76. The summed E-state index contributed by atoms with van der Waals surface area (Å²) in [5.41, 5.74) is 0. The summed E-state index contributed by atoms with van der Waals surface area (Å²) in [4.78, 5) is 7.55. The second-order valence-electron chi connectivity index (χ2n) is 2.30. The van der Waals surface area contributed by atoms with Crippen LogP contribution in [0.3, 0.4) is 0 Å². The van der Waals surface area contributed by atoms with Gasteiger partial charge in [0.05, 0.1) is 0 Å². The largest absolute Gasteiger partial charge is 0.233 e. The Morgan fingerprint density at radius 1 is 1.46 bits per heavy atom. The molecule has 0 aromatic carbocycles. The van der Waals surface area contributed by atoms with Crippen LogP contribution in [0.2, 0.25) is 0 Å². The first-order chi connectivity index (χ1) is 6.27. The van der Waals surface area contributed by atoms with Gasteiger partial charge in [-0.1, -0.05) is 0 Å². The molecular weight excluding hydrogens is 239 g/mol. The van der Waals surface area contributed by atoms with Crippen molar-refractivity contribution < 1.29 is 4.39 Å². The molecule has 0 aliphatic heterocycles. The number of rotatable bonds is 1. The summed E-state index contributed by atoms with van der Waals surface area (Å²) in [6.07, 6.45) is 4.21. The lowest BCUT2D eigenvalue weighted by atomic mass is 10.4. The maximum Gasteiger partial charge on any atom is 0.191 e. The monoisotopic (exact) mass is 242 g/mol. The van der Waals surface area contributed by atoms with E-state index in [1.807, 2.05) is 0 Å². The number of pyridine rings is 1. The van der Waals surface area contributed by atoms with Crippen molar-refractivity contribution in [3.8, 4) is 5.82 Å². The lowest BCUT2D eigenvalue weighted by molar-refractivity contribution is 0.599. The third kappa shape index (κ3) is 1.57. The van der Waals surface area contributed by atoms with Gasteiger partial charge in [0, 0.05) is 10.7 Å². The second kappa shape index (κ2) is 3.21. The maximum absolute atomic E-state index is 13.2. The minimum absolute atomic E-state index is 0.140. The van der Waals surface area contributed by atoms with Gasteiger partial charge in [0.25, 0.3) is 0 Å². The minimum Gasteiger partial charge on any atom is -0.233 e. The molecule has 0 unspecified atom stereocenters. The van der Waals surface area contributed by atoms with Crippen LogP contribution >= 0.6 is 15.9 Å². The standard InChI is InChI=1S/C7H4BrFN4/c8-5-1-6(9)7(11-2-5)13-4-10-3-12-13/h1-4H. The van der Waals surface area contributed by atoms with E-state index in [9.17, 15) is 4.39 Å². The first kappa shape index (κ1) is 8.31. The van der Waals surface area contributed by atoms with Crippen LogP contribution in [-0.2, 0) is 0 Å². The summed E-state index contributed by atoms with van der Waals surface area (Å²) < 4.78 is 15.1. The van der Waals surface area contributed by atoms with Crippen molar-refractivity contribution in [2.24, 2.45) is 0 Å². The van der Waals surface area contributed by atoms with Crippen molar-refractivity contribution >= 4 is 15.9 Å². The number of hydrogen-bond acceptors (Lipinski definition) is 3. The van der Waals surface area contributed by atoms with Crippen molar-refractivity contribution in [3.63, 3.8) is 0 Å². The summed E-state index contributed by atoms with van der Waals surface area (Å²) in [7, 11) is 0. The van der Waals surface area contributed by atoms with Gasteiger partial charge >= 0.3 is 0 Å². The summed E-state index contributed by atoms with van der Waals surface area (Å²) in [6.45, 7) is 0. The molecule has 0 saturated carbocycles. The average Bonchev–Trinajstić information content (AvgIpc) is 2.56. The molecule has 6 heteroatoms. The van der Waals surface area contributed by atoms with Gasteiger partial charge in [0.2, 0.25) is 0 Å². The van der Waals surface area contributed by atoms with Crippen LogP contribution in [0.4, 0.5) is 4.39 Å². The van der Waals surface area contributed by atoms with Crippen LogP contribution in [0.15, 0.2) is 29.4 Å². The molecule has 2 heterocycles. The van der Waals surface area contributed by atoms with E-state index >= 15 is 0 Å². The van der Waals surface area contributed by atoms with E-state index in [0.717, 1.165) is 0 Å². The highest BCUT2D eigenvalue weighted by Gasteiger charge is 2.06. The zero-order chi connectivity index (χ0) is 9.26. The highest BCUT2D eigenvalue weighted by Crippen LogP contribution is 2.14. The topological polar surface area (TPSA) is 43.6 Å². The van der Waals surface area contributed by atoms with Gasteiger partial charge in [-0.15, -0.1) is 0 Å². The van der Waals surface area contributed by atoms with E-state index in [1.165, 1.54) is 29.6 Å². The molecule has 0 aliphatic carbocycles. The van der Waals surface area contributed by atoms with Crippen LogP contribution in [-0.4, -0.2) is 19.7 Å². The maximum atomic E-state index is 13.2. The first-order valence-corrected chi connectivity index (χ1v) is 4.23. The van der Waals surface area contributed by atoms with Crippen molar-refractivity contribution in [3.05, 3.63) is 35.2 Å². The Hall–Kier alpha value is -1.30. The number of hydrogen-bond donors (Lipinski definition) is 0. The van der Waals surface area contributed by atoms with E-state index in [0.29, 0.717) is 4.47 Å². The molecule has 0 amide bonds. The summed E-state index contributed by atoms with van der Waals surface area (Å²) >= 11 is 3.11. The molecule has 0 fully saturated rings. The zero-order valence-corrected chi connectivity index (χ0v) is 7.94. The highest BCUT2D eigenvalue weighted by atomic mass is 79.9. The molecule has 0 atom stereocenters. The Morgan fingerprint density at radius 3 is 2.92 bits per heavy atom. The first-order valence-electron chi connectivity index (χ1n) is 3.43. The lowest BCUT2D eigenvalue weighted by Gasteiger charge is -2.00. The average molecular weight is 243 g/mol. The molecule has 2 aromatic rings. The van der Waals surface area contributed by atoms with Crippen molar-refractivity contribution in [1.82, 2.24) is 19.7 Å².